The summed E-state index contributed by atoms with van der Waals surface area (Å²) in [6.45, 7) is 10.6. The third-order valence-electron chi connectivity index (χ3n) is 3.69. The van der Waals surface area contributed by atoms with Crippen molar-refractivity contribution in [3.05, 3.63) is 36.2 Å². The van der Waals surface area contributed by atoms with Crippen molar-refractivity contribution in [2.75, 3.05) is 19.6 Å². The number of nitrogens with one attached hydrogen (secondary N) is 2. The molecule has 25 heavy (non-hydrogen) atoms. The van der Waals surface area contributed by atoms with E-state index in [-0.39, 0.29) is 24.0 Å². The first-order valence-corrected chi connectivity index (χ1v) is 8.68. The van der Waals surface area contributed by atoms with Crippen LogP contribution in [-0.2, 0) is 13.1 Å². The smallest absolute Gasteiger partial charge is 0.191 e. The first-order valence-electron chi connectivity index (χ1n) is 8.68. The maximum atomic E-state index is 4.62. The average molecular weight is 459 g/mol. The largest absolute Gasteiger partial charge is 0.357 e. The van der Waals surface area contributed by atoms with Crippen LogP contribution in [0.2, 0.25) is 0 Å². The maximum absolute atomic E-state index is 4.62. The summed E-state index contributed by atoms with van der Waals surface area (Å²) in [5.74, 6) is 0.886. The van der Waals surface area contributed by atoms with Crippen LogP contribution in [0.25, 0.3) is 0 Å². The number of nitrogens with zero attached hydrogens (tertiary/aromatic N) is 5. The Hall–Kier alpha value is -1.58. The number of guanidine groups is 1. The van der Waals surface area contributed by atoms with E-state index >= 15 is 0 Å². The first-order chi connectivity index (χ1) is 11.7. The van der Waals surface area contributed by atoms with Gasteiger partial charge in [-0.3, -0.25) is 9.67 Å². The number of aromatic nitrogens is 4. The number of aliphatic imine (C=N–C) groups is 1. The zero-order chi connectivity index (χ0) is 17.2. The van der Waals surface area contributed by atoms with Gasteiger partial charge in [0.25, 0.3) is 0 Å². The topological polar surface area (TPSA) is 72.1 Å². The predicted molar refractivity (Wildman–Crippen MR) is 113 cm³/mol. The number of imidazole rings is 1. The number of aryl methyl sites for hydroxylation is 4. The van der Waals surface area contributed by atoms with E-state index in [2.05, 4.69) is 54.9 Å². The van der Waals surface area contributed by atoms with Crippen molar-refractivity contribution in [3.63, 3.8) is 0 Å². The van der Waals surface area contributed by atoms with Gasteiger partial charge in [-0.05, 0) is 39.7 Å². The van der Waals surface area contributed by atoms with Crippen LogP contribution in [-0.4, -0.2) is 44.9 Å². The predicted octanol–water partition coefficient (Wildman–Crippen LogP) is 2.35. The molecule has 0 aliphatic rings. The third kappa shape index (κ3) is 7.89. The standard InChI is InChI=1S/C17H29N7.HI/c1-4-19-17(20-7-5-10-23-12-9-18-14-23)21-8-6-11-24-16(3)13-15(2)22-24;/h9,12-14H,4-8,10-11H2,1-3H3,(H2,19,20,21);1H. The van der Waals surface area contributed by atoms with Crippen molar-refractivity contribution in [1.82, 2.24) is 30.0 Å². The van der Waals surface area contributed by atoms with Crippen LogP contribution in [0, 0.1) is 13.8 Å². The number of hydrogen-bond donors (Lipinski definition) is 2. The van der Waals surface area contributed by atoms with Crippen LogP contribution < -0.4 is 10.6 Å². The molecule has 0 saturated heterocycles. The highest BCUT2D eigenvalue weighted by atomic mass is 127. The highest BCUT2D eigenvalue weighted by Gasteiger charge is 2.01. The molecule has 8 heteroatoms. The van der Waals surface area contributed by atoms with Gasteiger partial charge in [0.15, 0.2) is 5.96 Å². The summed E-state index contributed by atoms with van der Waals surface area (Å²) in [6, 6.07) is 2.11. The van der Waals surface area contributed by atoms with E-state index in [0.717, 1.165) is 57.2 Å². The molecule has 2 aromatic rings. The lowest BCUT2D eigenvalue weighted by Crippen LogP contribution is -2.38. The fraction of sp³-hybridized carbons (Fsp3) is 0.588. The van der Waals surface area contributed by atoms with E-state index in [1.807, 2.05) is 19.4 Å². The fourth-order valence-electron chi connectivity index (χ4n) is 2.54. The molecule has 2 N–H and O–H groups in total. The highest BCUT2D eigenvalue weighted by Crippen LogP contribution is 2.02. The summed E-state index contributed by atoms with van der Waals surface area (Å²) in [5, 5.41) is 11.2. The van der Waals surface area contributed by atoms with Gasteiger partial charge in [0, 0.05) is 50.8 Å². The van der Waals surface area contributed by atoms with Gasteiger partial charge >= 0.3 is 0 Å². The zero-order valence-corrected chi connectivity index (χ0v) is 17.7. The van der Waals surface area contributed by atoms with Crippen LogP contribution in [0.15, 0.2) is 29.8 Å². The van der Waals surface area contributed by atoms with Gasteiger partial charge in [-0.25, -0.2) is 4.98 Å². The van der Waals surface area contributed by atoms with E-state index < -0.39 is 0 Å². The molecule has 140 valence electrons. The van der Waals surface area contributed by atoms with Crippen LogP contribution in [0.3, 0.4) is 0 Å². The Labute approximate surface area is 167 Å². The van der Waals surface area contributed by atoms with Crippen molar-refractivity contribution in [3.8, 4) is 0 Å². The minimum Gasteiger partial charge on any atom is -0.357 e. The van der Waals surface area contributed by atoms with Gasteiger partial charge in [-0.15, -0.1) is 24.0 Å². The van der Waals surface area contributed by atoms with Crippen molar-refractivity contribution >= 4 is 29.9 Å². The molecule has 2 heterocycles. The number of rotatable bonds is 9. The third-order valence-corrected chi connectivity index (χ3v) is 3.69. The fourth-order valence-corrected chi connectivity index (χ4v) is 2.54. The van der Waals surface area contributed by atoms with Gasteiger partial charge in [0.2, 0.25) is 0 Å². The van der Waals surface area contributed by atoms with Crippen LogP contribution in [0.1, 0.15) is 31.2 Å². The zero-order valence-electron chi connectivity index (χ0n) is 15.4. The van der Waals surface area contributed by atoms with Gasteiger partial charge < -0.3 is 15.2 Å². The van der Waals surface area contributed by atoms with E-state index in [1.165, 1.54) is 5.69 Å². The van der Waals surface area contributed by atoms with Crippen molar-refractivity contribution in [2.45, 2.75) is 46.7 Å². The molecule has 0 spiro atoms. The number of hydrogen-bond acceptors (Lipinski definition) is 3. The molecule has 0 atom stereocenters. The molecule has 0 aromatic carbocycles. The van der Waals surface area contributed by atoms with Gasteiger partial charge in [-0.2, -0.15) is 5.10 Å². The molecular weight excluding hydrogens is 429 g/mol. The van der Waals surface area contributed by atoms with E-state index in [4.69, 9.17) is 0 Å². The molecule has 0 aliphatic heterocycles. The molecule has 2 rings (SSSR count). The summed E-state index contributed by atoms with van der Waals surface area (Å²) < 4.78 is 4.14. The van der Waals surface area contributed by atoms with Crippen LogP contribution in [0.4, 0.5) is 0 Å². The van der Waals surface area contributed by atoms with Crippen LogP contribution in [0.5, 0.6) is 0 Å². The Balaban J connectivity index is 0.00000312. The maximum Gasteiger partial charge on any atom is 0.191 e. The summed E-state index contributed by atoms with van der Waals surface area (Å²) in [4.78, 5) is 8.66. The summed E-state index contributed by atoms with van der Waals surface area (Å²) >= 11 is 0. The molecule has 0 radical (unpaired) electrons. The molecular formula is C17H30IN7. The van der Waals surface area contributed by atoms with E-state index in [1.54, 1.807) is 6.20 Å². The Morgan fingerprint density at radius 3 is 2.68 bits per heavy atom. The minimum atomic E-state index is 0. The molecule has 0 aliphatic carbocycles. The molecule has 0 fully saturated rings. The highest BCUT2D eigenvalue weighted by molar-refractivity contribution is 14.0. The molecule has 0 bridgehead atoms. The molecule has 2 aromatic heterocycles. The Morgan fingerprint density at radius 1 is 1.20 bits per heavy atom. The van der Waals surface area contributed by atoms with Crippen LogP contribution >= 0.6 is 24.0 Å². The Morgan fingerprint density at radius 2 is 2.04 bits per heavy atom. The monoisotopic (exact) mass is 459 g/mol. The quantitative estimate of drug-likeness (QED) is 0.262. The summed E-state index contributed by atoms with van der Waals surface area (Å²) in [5.41, 5.74) is 2.29. The lowest BCUT2D eigenvalue weighted by atomic mass is 10.4. The lowest BCUT2D eigenvalue weighted by molar-refractivity contribution is 0.555. The molecule has 0 unspecified atom stereocenters. The first kappa shape index (κ1) is 21.5. The normalized spacial score (nSPS) is 11.2. The van der Waals surface area contributed by atoms with Crippen molar-refractivity contribution < 1.29 is 0 Å². The SMILES string of the molecule is CCNC(=NCCCn1ccnc1)NCCCn1nc(C)cc1C.I. The lowest BCUT2D eigenvalue weighted by Gasteiger charge is -2.11. The molecule has 7 nitrogen and oxygen atoms in total. The molecule has 0 saturated carbocycles. The minimum absolute atomic E-state index is 0. The Bertz CT molecular complexity index is 619. The Kier molecular flexibility index (Phi) is 10.2. The van der Waals surface area contributed by atoms with Crippen molar-refractivity contribution in [2.24, 2.45) is 4.99 Å². The molecule has 0 amide bonds. The number of halogens is 1. The summed E-state index contributed by atoms with van der Waals surface area (Å²) in [6.07, 6.45) is 7.64. The average Bonchev–Trinajstić information content (AvgIpc) is 3.17. The van der Waals surface area contributed by atoms with Gasteiger partial charge in [0.1, 0.15) is 0 Å². The van der Waals surface area contributed by atoms with Gasteiger partial charge in [0.05, 0.1) is 12.0 Å². The second kappa shape index (κ2) is 11.9. The van der Waals surface area contributed by atoms with E-state index in [0.29, 0.717) is 0 Å². The van der Waals surface area contributed by atoms with Crippen molar-refractivity contribution in [1.29, 1.82) is 0 Å². The van der Waals surface area contributed by atoms with Gasteiger partial charge in [-0.1, -0.05) is 0 Å². The summed E-state index contributed by atoms with van der Waals surface area (Å²) in [7, 11) is 0. The second-order valence-electron chi connectivity index (χ2n) is 5.85. The second-order valence-corrected chi connectivity index (χ2v) is 5.85. The van der Waals surface area contributed by atoms with E-state index in [9.17, 15) is 0 Å².